The number of anilines is 1. The Morgan fingerprint density at radius 2 is 1.69 bits per heavy atom. The highest BCUT2D eigenvalue weighted by atomic mass is 16.1. The van der Waals surface area contributed by atoms with Gasteiger partial charge in [0, 0.05) is 46.2 Å². The van der Waals surface area contributed by atoms with Crippen molar-refractivity contribution in [2.45, 2.75) is 58.4 Å². The molecule has 1 heterocycles. The highest BCUT2D eigenvalue weighted by Crippen LogP contribution is 2.32. The summed E-state index contributed by atoms with van der Waals surface area (Å²) in [5.74, 6) is 0.156. The van der Waals surface area contributed by atoms with Crippen molar-refractivity contribution in [3.05, 3.63) is 66.4 Å². The quantitative estimate of drug-likeness (QED) is 0.403. The molecule has 3 aromatic rings. The van der Waals surface area contributed by atoms with Crippen LogP contribution in [0.3, 0.4) is 0 Å². The van der Waals surface area contributed by atoms with E-state index in [1.807, 2.05) is 12.2 Å². The van der Waals surface area contributed by atoms with Gasteiger partial charge < -0.3 is 9.88 Å². The van der Waals surface area contributed by atoms with E-state index in [4.69, 9.17) is 0 Å². The van der Waals surface area contributed by atoms with E-state index in [1.54, 1.807) is 6.08 Å². The van der Waals surface area contributed by atoms with Crippen LogP contribution in [0.2, 0.25) is 0 Å². The summed E-state index contributed by atoms with van der Waals surface area (Å²) in [6.45, 7) is 3.33. The highest BCUT2D eigenvalue weighted by molar-refractivity contribution is 6.09. The minimum absolute atomic E-state index is 0.156. The summed E-state index contributed by atoms with van der Waals surface area (Å²) in [5, 5.41) is 6.04. The van der Waals surface area contributed by atoms with Crippen LogP contribution in [0.5, 0.6) is 0 Å². The van der Waals surface area contributed by atoms with Gasteiger partial charge >= 0.3 is 0 Å². The molecule has 0 bridgehead atoms. The molecule has 0 radical (unpaired) electrons. The zero-order valence-corrected chi connectivity index (χ0v) is 17.3. The smallest absolute Gasteiger partial charge is 0.159 e. The molecule has 1 aliphatic carbocycles. The number of unbranched alkanes of at least 4 members (excludes halogenated alkanes) is 5. The van der Waals surface area contributed by atoms with E-state index >= 15 is 0 Å². The van der Waals surface area contributed by atoms with E-state index in [2.05, 4.69) is 59.3 Å². The molecule has 0 spiro atoms. The number of ketones is 1. The van der Waals surface area contributed by atoms with Crippen LogP contribution in [-0.4, -0.2) is 10.4 Å². The van der Waals surface area contributed by atoms with Crippen molar-refractivity contribution in [1.82, 2.24) is 4.57 Å². The zero-order valence-electron chi connectivity index (χ0n) is 17.3. The first-order chi connectivity index (χ1) is 14.3. The fourth-order valence-corrected chi connectivity index (χ4v) is 4.21. The summed E-state index contributed by atoms with van der Waals surface area (Å²) in [6.07, 6.45) is 13.8. The summed E-state index contributed by atoms with van der Waals surface area (Å²) in [7, 11) is 0. The van der Waals surface area contributed by atoms with Gasteiger partial charge in [-0.05, 0) is 42.8 Å². The van der Waals surface area contributed by atoms with Gasteiger partial charge in [0.05, 0.1) is 0 Å². The van der Waals surface area contributed by atoms with Gasteiger partial charge in [-0.25, -0.2) is 0 Å². The molecule has 3 heteroatoms. The van der Waals surface area contributed by atoms with Crippen LogP contribution < -0.4 is 5.32 Å². The van der Waals surface area contributed by atoms with Crippen molar-refractivity contribution in [2.75, 3.05) is 5.32 Å². The Morgan fingerprint density at radius 1 is 0.897 bits per heavy atom. The van der Waals surface area contributed by atoms with Crippen LogP contribution in [0.25, 0.3) is 21.8 Å². The molecule has 0 saturated carbocycles. The topological polar surface area (TPSA) is 34.0 Å². The zero-order chi connectivity index (χ0) is 20.1. The Bertz CT molecular complexity index is 1070. The van der Waals surface area contributed by atoms with Gasteiger partial charge in [-0.1, -0.05) is 63.3 Å². The highest BCUT2D eigenvalue weighted by Gasteiger charge is 2.11. The Balaban J connectivity index is 1.57. The summed E-state index contributed by atoms with van der Waals surface area (Å²) in [4.78, 5) is 11.4. The molecular formula is C26H30N2O. The molecule has 0 saturated heterocycles. The van der Waals surface area contributed by atoms with Gasteiger partial charge in [0.15, 0.2) is 5.78 Å². The lowest BCUT2D eigenvalue weighted by molar-refractivity contribution is -0.113. The minimum Gasteiger partial charge on any atom is -0.356 e. The van der Waals surface area contributed by atoms with E-state index < -0.39 is 0 Å². The number of rotatable bonds is 9. The molecule has 0 unspecified atom stereocenters. The van der Waals surface area contributed by atoms with Crippen LogP contribution in [0.4, 0.5) is 5.69 Å². The number of carbonyl (C=O) groups is 1. The molecule has 4 rings (SSSR count). The number of benzene rings is 2. The fourth-order valence-electron chi connectivity index (χ4n) is 4.21. The third-order valence-corrected chi connectivity index (χ3v) is 5.77. The number of aromatic nitrogens is 1. The van der Waals surface area contributed by atoms with Crippen LogP contribution in [0.15, 0.2) is 66.4 Å². The largest absolute Gasteiger partial charge is 0.356 e. The number of fused-ring (bicyclic) bond motifs is 3. The molecule has 3 nitrogen and oxygen atoms in total. The normalized spacial score (nSPS) is 14.0. The lowest BCUT2D eigenvalue weighted by atomic mass is 10.1. The molecule has 0 aliphatic heterocycles. The monoisotopic (exact) mass is 386 g/mol. The number of para-hydroxylation sites is 1. The Labute approximate surface area is 173 Å². The van der Waals surface area contributed by atoms with Gasteiger partial charge in [0.25, 0.3) is 0 Å². The molecule has 2 aromatic carbocycles. The van der Waals surface area contributed by atoms with Gasteiger partial charge in [0.2, 0.25) is 0 Å². The third-order valence-electron chi connectivity index (χ3n) is 5.77. The Hall–Kier alpha value is -2.81. The summed E-state index contributed by atoms with van der Waals surface area (Å²) in [6, 6.07) is 15.3. The predicted octanol–water partition coefficient (Wildman–Crippen LogP) is 6.98. The maximum absolute atomic E-state index is 11.4. The van der Waals surface area contributed by atoms with Gasteiger partial charge in [-0.3, -0.25) is 4.79 Å². The second-order valence-electron chi connectivity index (χ2n) is 7.96. The molecule has 1 aliphatic rings. The van der Waals surface area contributed by atoms with E-state index in [0.717, 1.165) is 17.9 Å². The standard InChI is InChI=1S/C26H30N2O/c1-2-3-4-5-6-9-18-28-25-11-8-7-10-23(25)24-19-21(14-17-26(24)28)27-20-12-15-22(29)16-13-20/h7-8,10-15,17,19,27H,2-6,9,16,18H2,1H3. The summed E-state index contributed by atoms with van der Waals surface area (Å²) >= 11 is 0. The van der Waals surface area contributed by atoms with Crippen molar-refractivity contribution >= 4 is 33.3 Å². The number of hydrogen-bond donors (Lipinski definition) is 1. The van der Waals surface area contributed by atoms with Gasteiger partial charge in [-0.2, -0.15) is 0 Å². The SMILES string of the molecule is CCCCCCCCn1c2ccccc2c2cc(NC3=CCC(=O)C=C3)ccc21. The molecule has 29 heavy (non-hydrogen) atoms. The van der Waals surface area contributed by atoms with Crippen molar-refractivity contribution in [3.63, 3.8) is 0 Å². The molecular weight excluding hydrogens is 356 g/mol. The number of allylic oxidation sites excluding steroid dienone is 3. The number of hydrogen-bond acceptors (Lipinski definition) is 2. The van der Waals surface area contributed by atoms with Gasteiger partial charge in [0.1, 0.15) is 0 Å². The van der Waals surface area contributed by atoms with Crippen molar-refractivity contribution in [2.24, 2.45) is 0 Å². The Kier molecular flexibility index (Phi) is 6.14. The molecule has 0 fully saturated rings. The van der Waals surface area contributed by atoms with Crippen LogP contribution in [0, 0.1) is 0 Å². The van der Waals surface area contributed by atoms with E-state index in [0.29, 0.717) is 6.42 Å². The van der Waals surface area contributed by atoms with Crippen LogP contribution in [-0.2, 0) is 11.3 Å². The molecule has 1 N–H and O–H groups in total. The maximum Gasteiger partial charge on any atom is 0.159 e. The minimum atomic E-state index is 0.156. The second-order valence-corrected chi connectivity index (χ2v) is 7.96. The second kappa shape index (κ2) is 9.13. The predicted molar refractivity (Wildman–Crippen MR) is 123 cm³/mol. The number of carbonyl (C=O) groups excluding carboxylic acids is 1. The van der Waals surface area contributed by atoms with Crippen molar-refractivity contribution in [3.8, 4) is 0 Å². The third kappa shape index (κ3) is 4.45. The lowest BCUT2D eigenvalue weighted by Gasteiger charge is -2.11. The van der Waals surface area contributed by atoms with E-state index in [9.17, 15) is 4.79 Å². The van der Waals surface area contributed by atoms with E-state index in [-0.39, 0.29) is 5.78 Å². The van der Waals surface area contributed by atoms with E-state index in [1.165, 1.54) is 60.3 Å². The van der Waals surface area contributed by atoms with Crippen molar-refractivity contribution in [1.29, 1.82) is 0 Å². The maximum atomic E-state index is 11.4. The average molecular weight is 387 g/mol. The first-order valence-corrected chi connectivity index (χ1v) is 11.0. The summed E-state index contributed by atoms with van der Waals surface area (Å²) in [5.41, 5.74) is 4.66. The first-order valence-electron chi connectivity index (χ1n) is 11.0. The summed E-state index contributed by atoms with van der Waals surface area (Å²) < 4.78 is 2.48. The Morgan fingerprint density at radius 3 is 2.52 bits per heavy atom. The molecule has 0 amide bonds. The van der Waals surface area contributed by atoms with Crippen LogP contribution >= 0.6 is 0 Å². The van der Waals surface area contributed by atoms with Gasteiger partial charge in [-0.15, -0.1) is 0 Å². The number of aryl methyl sites for hydroxylation is 1. The first kappa shape index (κ1) is 19.5. The van der Waals surface area contributed by atoms with Crippen LogP contribution in [0.1, 0.15) is 51.9 Å². The lowest BCUT2D eigenvalue weighted by Crippen LogP contribution is -2.03. The molecule has 0 atom stereocenters. The number of nitrogens with one attached hydrogen (secondary N) is 1. The van der Waals surface area contributed by atoms with Crippen molar-refractivity contribution < 1.29 is 4.79 Å². The molecule has 150 valence electrons. The average Bonchev–Trinajstić information content (AvgIpc) is 3.06. The number of nitrogens with zero attached hydrogens (tertiary/aromatic N) is 1. The molecule has 1 aromatic heterocycles. The fraction of sp³-hybridized carbons (Fsp3) is 0.346.